The van der Waals surface area contributed by atoms with Crippen molar-refractivity contribution in [3.05, 3.63) is 45.9 Å². The third-order valence-corrected chi connectivity index (χ3v) is 4.08. The number of nitrogens with one attached hydrogen (secondary N) is 1. The monoisotopic (exact) mass is 290 g/mol. The van der Waals surface area contributed by atoms with Crippen LogP contribution in [0.15, 0.2) is 29.8 Å². The van der Waals surface area contributed by atoms with E-state index in [0.29, 0.717) is 0 Å². The third-order valence-electron chi connectivity index (χ3n) is 3.15. The number of benzene rings is 1. The summed E-state index contributed by atoms with van der Waals surface area (Å²) >= 11 is 1.70. The first-order chi connectivity index (χ1) is 9.79. The number of unbranched alkanes of at least 4 members (excludes halogenated alkanes) is 1. The first kappa shape index (κ1) is 15.0. The van der Waals surface area contributed by atoms with Gasteiger partial charge in [0.2, 0.25) is 0 Å². The van der Waals surface area contributed by atoms with Crippen molar-refractivity contribution in [2.45, 2.75) is 39.8 Å². The van der Waals surface area contributed by atoms with Gasteiger partial charge in [-0.3, -0.25) is 0 Å². The summed E-state index contributed by atoms with van der Waals surface area (Å²) in [6.45, 7) is 6.77. The van der Waals surface area contributed by atoms with Crippen molar-refractivity contribution in [1.82, 2.24) is 10.3 Å². The number of aryl methyl sites for hydroxylation is 1. The van der Waals surface area contributed by atoms with E-state index in [1.54, 1.807) is 11.3 Å². The first-order valence-corrected chi connectivity index (χ1v) is 7.99. The van der Waals surface area contributed by atoms with E-state index in [2.05, 4.69) is 36.3 Å². The number of hydrogen-bond donors (Lipinski definition) is 1. The molecule has 0 atom stereocenters. The van der Waals surface area contributed by atoms with E-state index in [1.165, 1.54) is 16.9 Å². The molecule has 0 bridgehead atoms. The summed E-state index contributed by atoms with van der Waals surface area (Å²) in [6, 6.07) is 8.33. The van der Waals surface area contributed by atoms with Crippen molar-refractivity contribution in [3.8, 4) is 5.75 Å². The van der Waals surface area contributed by atoms with Crippen LogP contribution >= 0.6 is 11.3 Å². The molecule has 1 aromatic carbocycles. The van der Waals surface area contributed by atoms with Gasteiger partial charge in [-0.25, -0.2) is 4.98 Å². The molecule has 1 N–H and O–H groups in total. The zero-order valence-corrected chi connectivity index (χ0v) is 13.0. The maximum Gasteiger partial charge on any atom is 0.119 e. The molecule has 2 rings (SSSR count). The zero-order chi connectivity index (χ0) is 14.2. The molecule has 108 valence electrons. The van der Waals surface area contributed by atoms with Crippen LogP contribution in [0.5, 0.6) is 5.75 Å². The smallest absolute Gasteiger partial charge is 0.119 e. The summed E-state index contributed by atoms with van der Waals surface area (Å²) in [5, 5.41) is 3.45. The second-order valence-electron chi connectivity index (χ2n) is 4.81. The zero-order valence-electron chi connectivity index (χ0n) is 12.2. The van der Waals surface area contributed by atoms with Crippen molar-refractivity contribution < 1.29 is 4.74 Å². The highest BCUT2D eigenvalue weighted by molar-refractivity contribution is 7.09. The number of nitrogens with zero attached hydrogens (tertiary/aromatic N) is 1. The lowest BCUT2D eigenvalue weighted by Gasteiger charge is -2.07. The number of rotatable bonds is 8. The van der Waals surface area contributed by atoms with E-state index in [-0.39, 0.29) is 0 Å². The van der Waals surface area contributed by atoms with E-state index in [0.717, 1.165) is 37.6 Å². The Bertz CT molecular complexity index is 507. The molecule has 0 unspecified atom stereocenters. The van der Waals surface area contributed by atoms with E-state index in [4.69, 9.17) is 4.74 Å². The number of thiazole rings is 1. The molecule has 0 spiro atoms. The standard InChI is InChI=1S/C16H22N2OS/c1-3-4-9-19-15-7-5-14(6-8-15)10-17-11-16-13(2)18-12-20-16/h5-8,12,17H,3-4,9-11H2,1-2H3. The maximum atomic E-state index is 5.65. The van der Waals surface area contributed by atoms with Gasteiger partial charge in [-0.2, -0.15) is 0 Å². The largest absolute Gasteiger partial charge is 0.494 e. The Balaban J connectivity index is 1.74. The predicted molar refractivity (Wildman–Crippen MR) is 84.2 cm³/mol. The van der Waals surface area contributed by atoms with Crippen molar-refractivity contribution in [1.29, 1.82) is 0 Å². The average molecular weight is 290 g/mol. The van der Waals surface area contributed by atoms with Gasteiger partial charge >= 0.3 is 0 Å². The summed E-state index contributed by atoms with van der Waals surface area (Å²) in [7, 11) is 0. The maximum absolute atomic E-state index is 5.65. The van der Waals surface area contributed by atoms with Crippen LogP contribution in [-0.4, -0.2) is 11.6 Å². The fourth-order valence-corrected chi connectivity index (χ4v) is 2.60. The van der Waals surface area contributed by atoms with Crippen LogP contribution in [-0.2, 0) is 13.1 Å². The summed E-state index contributed by atoms with van der Waals surface area (Å²) in [5.74, 6) is 0.959. The highest BCUT2D eigenvalue weighted by Crippen LogP contribution is 2.14. The van der Waals surface area contributed by atoms with Gasteiger partial charge in [0, 0.05) is 18.0 Å². The summed E-state index contributed by atoms with van der Waals surface area (Å²) in [6.07, 6.45) is 2.27. The minimum absolute atomic E-state index is 0.804. The summed E-state index contributed by atoms with van der Waals surface area (Å²) in [4.78, 5) is 5.56. The predicted octanol–water partition coefficient (Wildman–Crippen LogP) is 3.92. The van der Waals surface area contributed by atoms with Crippen molar-refractivity contribution in [3.63, 3.8) is 0 Å². The van der Waals surface area contributed by atoms with E-state index < -0.39 is 0 Å². The highest BCUT2D eigenvalue weighted by atomic mass is 32.1. The molecular formula is C16H22N2OS. The second kappa shape index (κ2) is 8.02. The molecule has 0 aliphatic heterocycles. The lowest BCUT2D eigenvalue weighted by Crippen LogP contribution is -2.12. The molecule has 3 nitrogen and oxygen atoms in total. The van der Waals surface area contributed by atoms with Crippen LogP contribution in [0.25, 0.3) is 0 Å². The van der Waals surface area contributed by atoms with Gasteiger partial charge in [0.1, 0.15) is 5.75 Å². The van der Waals surface area contributed by atoms with E-state index >= 15 is 0 Å². The van der Waals surface area contributed by atoms with Gasteiger partial charge < -0.3 is 10.1 Å². The van der Waals surface area contributed by atoms with Crippen LogP contribution in [0.3, 0.4) is 0 Å². The van der Waals surface area contributed by atoms with Crippen LogP contribution < -0.4 is 10.1 Å². The molecule has 0 saturated heterocycles. The van der Waals surface area contributed by atoms with Gasteiger partial charge in [-0.05, 0) is 31.0 Å². The Labute approximate surface area is 125 Å². The van der Waals surface area contributed by atoms with Gasteiger partial charge in [-0.15, -0.1) is 11.3 Å². The van der Waals surface area contributed by atoms with Gasteiger partial charge in [0.15, 0.2) is 0 Å². The fraction of sp³-hybridized carbons (Fsp3) is 0.438. The molecule has 1 aromatic heterocycles. The lowest BCUT2D eigenvalue weighted by molar-refractivity contribution is 0.309. The molecule has 0 amide bonds. The normalized spacial score (nSPS) is 10.7. The quantitative estimate of drug-likeness (QED) is 0.748. The van der Waals surface area contributed by atoms with Gasteiger partial charge in [0.05, 0.1) is 17.8 Å². The molecule has 20 heavy (non-hydrogen) atoms. The number of hydrogen-bond acceptors (Lipinski definition) is 4. The highest BCUT2D eigenvalue weighted by Gasteiger charge is 2.01. The summed E-state index contributed by atoms with van der Waals surface area (Å²) in [5.41, 5.74) is 4.30. The van der Waals surface area contributed by atoms with E-state index in [1.807, 2.05) is 17.6 Å². The molecule has 0 fully saturated rings. The van der Waals surface area contributed by atoms with Crippen molar-refractivity contribution in [2.24, 2.45) is 0 Å². The average Bonchev–Trinajstić information content (AvgIpc) is 2.87. The summed E-state index contributed by atoms with van der Waals surface area (Å²) < 4.78 is 5.65. The Morgan fingerprint density at radius 2 is 2.00 bits per heavy atom. The fourth-order valence-electron chi connectivity index (χ4n) is 1.85. The Kier molecular flexibility index (Phi) is 6.02. The Morgan fingerprint density at radius 3 is 2.65 bits per heavy atom. The minimum atomic E-state index is 0.804. The minimum Gasteiger partial charge on any atom is -0.494 e. The third kappa shape index (κ3) is 4.62. The van der Waals surface area contributed by atoms with E-state index in [9.17, 15) is 0 Å². The second-order valence-corrected chi connectivity index (χ2v) is 5.75. The van der Waals surface area contributed by atoms with Crippen molar-refractivity contribution in [2.75, 3.05) is 6.61 Å². The molecule has 0 aliphatic rings. The number of aromatic nitrogens is 1. The molecule has 1 heterocycles. The molecular weight excluding hydrogens is 268 g/mol. The van der Waals surface area contributed by atoms with Gasteiger partial charge in [-0.1, -0.05) is 25.5 Å². The topological polar surface area (TPSA) is 34.1 Å². The SMILES string of the molecule is CCCCOc1ccc(CNCc2scnc2C)cc1. The Morgan fingerprint density at radius 1 is 1.20 bits per heavy atom. The molecule has 0 radical (unpaired) electrons. The van der Waals surface area contributed by atoms with Crippen LogP contribution in [0.2, 0.25) is 0 Å². The first-order valence-electron chi connectivity index (χ1n) is 7.11. The van der Waals surface area contributed by atoms with Crippen LogP contribution in [0.4, 0.5) is 0 Å². The van der Waals surface area contributed by atoms with Crippen LogP contribution in [0, 0.1) is 6.92 Å². The molecule has 0 aliphatic carbocycles. The van der Waals surface area contributed by atoms with Crippen LogP contribution in [0.1, 0.15) is 35.9 Å². The van der Waals surface area contributed by atoms with Crippen molar-refractivity contribution >= 4 is 11.3 Å². The Hall–Kier alpha value is -1.39. The van der Waals surface area contributed by atoms with Gasteiger partial charge in [0.25, 0.3) is 0 Å². The lowest BCUT2D eigenvalue weighted by atomic mass is 10.2. The molecule has 2 aromatic rings. The molecule has 4 heteroatoms. The number of ether oxygens (including phenoxy) is 1. The molecule has 0 saturated carbocycles.